The summed E-state index contributed by atoms with van der Waals surface area (Å²) in [5, 5.41) is 1.20. The van der Waals surface area contributed by atoms with E-state index in [1.165, 1.54) is 65.0 Å². The highest BCUT2D eigenvalue weighted by Gasteiger charge is 2.40. The second-order valence-corrected chi connectivity index (χ2v) is 15.7. The van der Waals surface area contributed by atoms with E-state index in [-0.39, 0.29) is 32.8 Å². The molecule has 0 aliphatic carbocycles. The normalized spacial score (nSPS) is 16.1. The van der Waals surface area contributed by atoms with Crippen molar-refractivity contribution >= 4 is 58.2 Å². The fourth-order valence-corrected chi connectivity index (χ4v) is 10.0. The van der Waals surface area contributed by atoms with Crippen LogP contribution in [0.25, 0.3) is 0 Å². The maximum atomic E-state index is 13.7. The number of hydrogen-bond donors (Lipinski definition) is 0. The van der Waals surface area contributed by atoms with Crippen LogP contribution in [0.5, 0.6) is 0 Å². The van der Waals surface area contributed by atoms with Gasteiger partial charge in [-0.15, -0.1) is 15.0 Å². The number of aromatic nitrogens is 1. The third kappa shape index (κ3) is 5.70. The molecule has 0 N–H and O–H groups in total. The molecule has 1 atom stereocenters. The first-order valence-electron chi connectivity index (χ1n) is 12.5. The Labute approximate surface area is 248 Å². The van der Waals surface area contributed by atoms with E-state index < -0.39 is 42.2 Å². The van der Waals surface area contributed by atoms with Gasteiger partial charge in [0.15, 0.2) is 6.10 Å². The van der Waals surface area contributed by atoms with Crippen molar-refractivity contribution < 1.29 is 34.2 Å². The van der Waals surface area contributed by atoms with Crippen LogP contribution in [-0.4, -0.2) is 48.8 Å². The Kier molecular flexibility index (Phi) is 7.98. The number of anilines is 2. The molecular weight excluding hydrogens is 623 g/mol. The smallest absolute Gasteiger partial charge is 0.297 e. The van der Waals surface area contributed by atoms with Crippen LogP contribution in [0.3, 0.4) is 0 Å². The van der Waals surface area contributed by atoms with E-state index in [9.17, 15) is 30.0 Å². The second kappa shape index (κ2) is 11.2. The second-order valence-electron chi connectivity index (χ2n) is 9.46. The largest absolute Gasteiger partial charge is 0.310 e. The van der Waals surface area contributed by atoms with Crippen molar-refractivity contribution in [3.63, 3.8) is 0 Å². The van der Waals surface area contributed by atoms with Crippen LogP contribution in [0.15, 0.2) is 99.1 Å². The van der Waals surface area contributed by atoms with E-state index in [1.807, 2.05) is 6.92 Å². The van der Waals surface area contributed by atoms with Gasteiger partial charge >= 0.3 is 0 Å². The Bertz CT molecular complexity index is 1920. The standard InChI is InChI=1S/C27H25N3O8S4/c1-19-3-9-22(10-4-19)40(32,33)30(27-28-16-18-39-27)41(34,35)23-13-7-21(8-14-23)29-17-15-25(26(29)31)38-42(36,37)24-11-5-20(2)6-12-24/h3-14,16,18,25H,15,17H2,1-2H3. The minimum atomic E-state index is -4.68. The average Bonchev–Trinajstić information content (AvgIpc) is 3.59. The van der Waals surface area contributed by atoms with Gasteiger partial charge in [0.2, 0.25) is 5.13 Å². The van der Waals surface area contributed by atoms with Gasteiger partial charge in [0.25, 0.3) is 36.1 Å². The number of hydrogen-bond acceptors (Lipinski definition) is 10. The first kappa shape index (κ1) is 29.8. The van der Waals surface area contributed by atoms with E-state index in [1.54, 1.807) is 31.2 Å². The Morgan fingerprint density at radius 3 is 1.79 bits per heavy atom. The summed E-state index contributed by atoms with van der Waals surface area (Å²) in [6, 6.07) is 16.9. The van der Waals surface area contributed by atoms with Crippen molar-refractivity contribution in [3.8, 4) is 0 Å². The van der Waals surface area contributed by atoms with Gasteiger partial charge in [0, 0.05) is 30.2 Å². The third-order valence-corrected chi connectivity index (χ3v) is 12.9. The maximum Gasteiger partial charge on any atom is 0.297 e. The lowest BCUT2D eigenvalue weighted by molar-refractivity contribution is -0.122. The number of rotatable bonds is 9. The quantitative estimate of drug-likeness (QED) is 0.247. The van der Waals surface area contributed by atoms with Crippen LogP contribution in [-0.2, 0) is 39.1 Å². The molecule has 1 amide bonds. The fourth-order valence-electron chi connectivity index (χ4n) is 4.25. The van der Waals surface area contributed by atoms with Crippen molar-refractivity contribution in [3.05, 3.63) is 95.5 Å². The van der Waals surface area contributed by atoms with E-state index in [4.69, 9.17) is 4.18 Å². The molecular formula is C27H25N3O8S4. The zero-order valence-electron chi connectivity index (χ0n) is 22.3. The monoisotopic (exact) mass is 647 g/mol. The van der Waals surface area contributed by atoms with Gasteiger partial charge in [-0.1, -0.05) is 35.4 Å². The van der Waals surface area contributed by atoms with Crippen LogP contribution in [0, 0.1) is 13.8 Å². The molecule has 11 nitrogen and oxygen atoms in total. The molecule has 1 fully saturated rings. The molecule has 1 aliphatic heterocycles. The van der Waals surface area contributed by atoms with Crippen molar-refractivity contribution in [2.75, 3.05) is 15.2 Å². The Hall–Kier alpha value is -3.63. The first-order valence-corrected chi connectivity index (χ1v) is 17.7. The van der Waals surface area contributed by atoms with Crippen LogP contribution >= 0.6 is 11.3 Å². The summed E-state index contributed by atoms with van der Waals surface area (Å²) >= 11 is 0.845. The lowest BCUT2D eigenvalue weighted by Crippen LogP contribution is -2.37. The number of nitrogens with zero attached hydrogens (tertiary/aromatic N) is 3. The van der Waals surface area contributed by atoms with Crippen LogP contribution in [0.1, 0.15) is 17.5 Å². The summed E-state index contributed by atoms with van der Waals surface area (Å²) in [5.74, 6) is -0.604. The molecule has 2 heterocycles. The molecule has 3 aromatic carbocycles. The predicted molar refractivity (Wildman–Crippen MR) is 157 cm³/mol. The summed E-state index contributed by atoms with van der Waals surface area (Å²) in [5.41, 5.74) is 1.95. The van der Waals surface area contributed by atoms with E-state index in [0.717, 1.165) is 22.5 Å². The molecule has 220 valence electrons. The van der Waals surface area contributed by atoms with Gasteiger partial charge in [-0.2, -0.15) is 25.3 Å². The summed E-state index contributed by atoms with van der Waals surface area (Å²) in [4.78, 5) is 17.6. The highest BCUT2D eigenvalue weighted by Crippen LogP contribution is 2.33. The number of benzene rings is 3. The van der Waals surface area contributed by atoms with Crippen molar-refractivity contribution in [1.29, 1.82) is 0 Å². The molecule has 0 spiro atoms. The molecule has 5 rings (SSSR count). The molecule has 42 heavy (non-hydrogen) atoms. The number of sulfonamides is 2. The molecule has 0 saturated carbocycles. The van der Waals surface area contributed by atoms with Crippen molar-refractivity contribution in [2.45, 2.75) is 41.1 Å². The van der Waals surface area contributed by atoms with Crippen LogP contribution in [0.4, 0.5) is 10.8 Å². The molecule has 0 radical (unpaired) electrons. The average molecular weight is 648 g/mol. The summed E-state index contributed by atoms with van der Waals surface area (Å²) in [6.07, 6.45) is 0.142. The van der Waals surface area contributed by atoms with Gasteiger partial charge in [-0.25, -0.2) is 4.98 Å². The Morgan fingerprint density at radius 2 is 1.29 bits per heavy atom. The van der Waals surface area contributed by atoms with Gasteiger partial charge in [0.1, 0.15) is 0 Å². The third-order valence-electron chi connectivity index (χ3n) is 6.49. The summed E-state index contributed by atoms with van der Waals surface area (Å²) < 4.78 is 85.4. The topological polar surface area (TPSA) is 148 Å². The molecule has 4 aromatic rings. The number of thiazole rings is 1. The minimum Gasteiger partial charge on any atom is -0.310 e. The minimum absolute atomic E-state index is 0.0701. The van der Waals surface area contributed by atoms with Gasteiger partial charge in [-0.3, -0.25) is 8.98 Å². The molecule has 1 aliphatic rings. The van der Waals surface area contributed by atoms with Crippen LogP contribution in [0.2, 0.25) is 0 Å². The Morgan fingerprint density at radius 1 is 0.786 bits per heavy atom. The van der Waals surface area contributed by atoms with Crippen LogP contribution < -0.4 is 8.61 Å². The lowest BCUT2D eigenvalue weighted by Gasteiger charge is -2.22. The maximum absolute atomic E-state index is 13.7. The zero-order valence-corrected chi connectivity index (χ0v) is 25.6. The molecule has 1 saturated heterocycles. The highest BCUT2D eigenvalue weighted by atomic mass is 32.3. The van der Waals surface area contributed by atoms with Gasteiger partial charge < -0.3 is 4.90 Å². The van der Waals surface area contributed by atoms with Gasteiger partial charge in [0.05, 0.1) is 14.7 Å². The zero-order chi connectivity index (χ0) is 30.3. The van der Waals surface area contributed by atoms with Gasteiger partial charge in [-0.05, 0) is 62.4 Å². The highest BCUT2D eigenvalue weighted by molar-refractivity contribution is 8.10. The lowest BCUT2D eigenvalue weighted by atomic mass is 10.2. The first-order chi connectivity index (χ1) is 19.8. The SMILES string of the molecule is Cc1ccc(S(=O)(=O)OC2CCN(c3ccc(S(=O)(=O)N(c4nccs4)S(=O)(=O)c4ccc(C)cc4)cc3)C2=O)cc1. The molecule has 1 unspecified atom stereocenters. The Balaban J connectivity index is 1.40. The number of aryl methyl sites for hydroxylation is 2. The molecule has 1 aromatic heterocycles. The fraction of sp³-hybridized carbons (Fsp3) is 0.185. The predicted octanol–water partition coefficient (Wildman–Crippen LogP) is 3.85. The van der Waals surface area contributed by atoms with E-state index in [0.29, 0.717) is 9.40 Å². The van der Waals surface area contributed by atoms with Crippen molar-refractivity contribution in [2.24, 2.45) is 0 Å². The summed E-state index contributed by atoms with van der Waals surface area (Å²) in [6.45, 7) is 3.72. The van der Waals surface area contributed by atoms with E-state index >= 15 is 0 Å². The number of amides is 1. The molecule has 15 heteroatoms. The molecule has 0 bridgehead atoms. The van der Waals surface area contributed by atoms with Crippen molar-refractivity contribution in [1.82, 2.24) is 4.98 Å². The summed E-state index contributed by atoms with van der Waals surface area (Å²) in [7, 11) is -13.4. The van der Waals surface area contributed by atoms with E-state index in [2.05, 4.69) is 4.98 Å². The number of carbonyl (C=O) groups is 1. The number of carbonyl (C=O) groups excluding carboxylic acids is 1.